The van der Waals surface area contributed by atoms with E-state index < -0.39 is 0 Å². The topological polar surface area (TPSA) is 46.1 Å². The third kappa shape index (κ3) is 3.39. The van der Waals surface area contributed by atoms with Crippen LogP contribution in [0.1, 0.15) is 22.3 Å². The number of halogens is 1. The maximum absolute atomic E-state index is 12.3. The summed E-state index contributed by atoms with van der Waals surface area (Å²) in [5.74, 6) is 0.549. The quantitative estimate of drug-likeness (QED) is 0.876. The van der Waals surface area contributed by atoms with Gasteiger partial charge in [-0.15, -0.1) is 0 Å². The Morgan fingerprint density at radius 2 is 2.05 bits per heavy atom. The summed E-state index contributed by atoms with van der Waals surface area (Å²) in [6.07, 6.45) is 5.09. The number of likely N-dealkylation sites (tertiary alicyclic amines) is 1. The number of carbonyl (C=O) groups is 1. The van der Waals surface area contributed by atoms with Gasteiger partial charge in [0, 0.05) is 18.1 Å². The van der Waals surface area contributed by atoms with E-state index >= 15 is 0 Å². The predicted molar refractivity (Wildman–Crippen MR) is 81.2 cm³/mol. The van der Waals surface area contributed by atoms with Crippen molar-refractivity contribution in [2.24, 2.45) is 5.92 Å². The van der Waals surface area contributed by atoms with Crippen molar-refractivity contribution in [1.82, 2.24) is 15.1 Å². The largest absolute Gasteiger partial charge is 0.338 e. The number of aromatic nitrogens is 2. The lowest BCUT2D eigenvalue weighted by Gasteiger charge is -2.16. The molecule has 1 aromatic carbocycles. The van der Waals surface area contributed by atoms with Crippen LogP contribution in [0.15, 0.2) is 42.7 Å². The molecule has 1 amide bonds. The van der Waals surface area contributed by atoms with Gasteiger partial charge in [-0.25, -0.2) is 0 Å². The van der Waals surface area contributed by atoms with E-state index in [0.717, 1.165) is 31.0 Å². The molecule has 5 heteroatoms. The average molecular weight is 302 g/mol. The minimum absolute atomic E-state index is 0.0449. The van der Waals surface area contributed by atoms with Gasteiger partial charge in [-0.05, 0) is 42.5 Å². The van der Waals surface area contributed by atoms with Crippen LogP contribution in [-0.2, 0) is 6.42 Å². The second-order valence-electron chi connectivity index (χ2n) is 5.37. The van der Waals surface area contributed by atoms with E-state index in [0.29, 0.717) is 11.5 Å². The zero-order valence-electron chi connectivity index (χ0n) is 11.6. The molecule has 1 aromatic heterocycles. The highest BCUT2D eigenvalue weighted by molar-refractivity contribution is 6.30. The summed E-state index contributed by atoms with van der Waals surface area (Å²) in [7, 11) is 0. The van der Waals surface area contributed by atoms with Crippen LogP contribution in [-0.4, -0.2) is 34.1 Å². The van der Waals surface area contributed by atoms with Gasteiger partial charge in [-0.3, -0.25) is 4.79 Å². The second kappa shape index (κ2) is 6.22. The number of benzene rings is 1. The summed E-state index contributed by atoms with van der Waals surface area (Å²) in [5.41, 5.74) is 1.88. The highest BCUT2D eigenvalue weighted by atomic mass is 35.5. The van der Waals surface area contributed by atoms with Crippen molar-refractivity contribution < 1.29 is 4.79 Å². The Morgan fingerprint density at radius 1 is 1.24 bits per heavy atom. The molecule has 108 valence electrons. The van der Waals surface area contributed by atoms with Gasteiger partial charge in [0.15, 0.2) is 0 Å². The Kier molecular flexibility index (Phi) is 4.15. The molecule has 0 saturated carbocycles. The van der Waals surface area contributed by atoms with E-state index in [9.17, 15) is 4.79 Å². The highest BCUT2D eigenvalue weighted by Crippen LogP contribution is 2.23. The fraction of sp³-hybridized carbons (Fsp3) is 0.312. The van der Waals surface area contributed by atoms with Gasteiger partial charge in [0.2, 0.25) is 0 Å². The van der Waals surface area contributed by atoms with Crippen LogP contribution < -0.4 is 0 Å². The predicted octanol–water partition coefficient (Wildman–Crippen LogP) is 2.83. The summed E-state index contributed by atoms with van der Waals surface area (Å²) in [5, 5.41) is 8.22. The number of carbonyl (C=O) groups excluding carboxylic acids is 1. The molecule has 1 fully saturated rings. The van der Waals surface area contributed by atoms with Crippen molar-refractivity contribution in [2.45, 2.75) is 12.8 Å². The van der Waals surface area contributed by atoms with Crippen LogP contribution >= 0.6 is 11.6 Å². The third-order valence-electron chi connectivity index (χ3n) is 3.84. The van der Waals surface area contributed by atoms with Gasteiger partial charge in [-0.1, -0.05) is 23.7 Å². The molecular weight excluding hydrogens is 286 g/mol. The smallest absolute Gasteiger partial charge is 0.255 e. The zero-order valence-corrected chi connectivity index (χ0v) is 12.3. The lowest BCUT2D eigenvalue weighted by molar-refractivity contribution is 0.0786. The molecule has 1 saturated heterocycles. The summed E-state index contributed by atoms with van der Waals surface area (Å²) in [4.78, 5) is 14.2. The molecule has 0 bridgehead atoms. The average Bonchev–Trinajstić information content (AvgIpc) is 2.98. The van der Waals surface area contributed by atoms with Gasteiger partial charge >= 0.3 is 0 Å². The van der Waals surface area contributed by atoms with E-state index in [4.69, 9.17) is 11.6 Å². The molecule has 0 N–H and O–H groups in total. The molecule has 0 aliphatic carbocycles. The Morgan fingerprint density at radius 3 is 2.76 bits per heavy atom. The van der Waals surface area contributed by atoms with Crippen LogP contribution in [0.5, 0.6) is 0 Å². The van der Waals surface area contributed by atoms with E-state index in [1.165, 1.54) is 11.8 Å². The molecule has 21 heavy (non-hydrogen) atoms. The van der Waals surface area contributed by atoms with Crippen LogP contribution in [0.25, 0.3) is 0 Å². The minimum atomic E-state index is 0.0449. The Hall–Kier alpha value is -1.94. The summed E-state index contributed by atoms with van der Waals surface area (Å²) in [6, 6.07) is 9.65. The van der Waals surface area contributed by atoms with Crippen molar-refractivity contribution in [1.29, 1.82) is 0 Å². The standard InChI is InChI=1S/C16H16ClN3O/c17-15-3-1-12(2-4-15)9-13-6-8-20(11-13)16(21)14-5-7-18-19-10-14/h1-5,7,10,13H,6,8-9,11H2. The summed E-state index contributed by atoms with van der Waals surface area (Å²) >= 11 is 5.90. The molecule has 1 aliphatic heterocycles. The molecule has 0 spiro atoms. The summed E-state index contributed by atoms with van der Waals surface area (Å²) in [6.45, 7) is 1.60. The van der Waals surface area contributed by atoms with Crippen LogP contribution in [0.2, 0.25) is 5.02 Å². The van der Waals surface area contributed by atoms with E-state index in [1.54, 1.807) is 12.3 Å². The van der Waals surface area contributed by atoms with Crippen LogP contribution in [0.3, 0.4) is 0 Å². The molecule has 1 unspecified atom stereocenters. The first-order valence-corrected chi connectivity index (χ1v) is 7.40. The van der Waals surface area contributed by atoms with Crippen LogP contribution in [0.4, 0.5) is 0 Å². The Balaban J connectivity index is 1.60. The van der Waals surface area contributed by atoms with Gasteiger partial charge < -0.3 is 4.90 Å². The maximum Gasteiger partial charge on any atom is 0.255 e. The van der Waals surface area contributed by atoms with Crippen LogP contribution in [0, 0.1) is 5.92 Å². The van der Waals surface area contributed by atoms with Gasteiger partial charge in [0.05, 0.1) is 18.0 Å². The molecule has 1 atom stereocenters. The molecule has 4 nitrogen and oxygen atoms in total. The Bertz CT molecular complexity index is 615. The number of rotatable bonds is 3. The highest BCUT2D eigenvalue weighted by Gasteiger charge is 2.27. The fourth-order valence-corrected chi connectivity index (χ4v) is 2.86. The molecule has 1 aliphatic rings. The lowest BCUT2D eigenvalue weighted by atomic mass is 9.99. The van der Waals surface area contributed by atoms with Crippen molar-refractivity contribution in [2.75, 3.05) is 13.1 Å². The maximum atomic E-state index is 12.3. The first-order valence-electron chi connectivity index (χ1n) is 7.03. The second-order valence-corrected chi connectivity index (χ2v) is 5.80. The van der Waals surface area contributed by atoms with Gasteiger partial charge in [0.25, 0.3) is 5.91 Å². The fourth-order valence-electron chi connectivity index (χ4n) is 2.74. The van der Waals surface area contributed by atoms with Crippen molar-refractivity contribution >= 4 is 17.5 Å². The van der Waals surface area contributed by atoms with E-state index in [1.807, 2.05) is 17.0 Å². The SMILES string of the molecule is O=C(c1ccnnc1)N1CCC(Cc2ccc(Cl)cc2)C1. The number of nitrogens with zero attached hydrogens (tertiary/aromatic N) is 3. The molecule has 0 radical (unpaired) electrons. The molecule has 3 rings (SSSR count). The first-order chi connectivity index (χ1) is 10.2. The normalized spacial score (nSPS) is 18.0. The third-order valence-corrected chi connectivity index (χ3v) is 4.09. The molecule has 2 aromatic rings. The number of hydrogen-bond acceptors (Lipinski definition) is 3. The summed E-state index contributed by atoms with van der Waals surface area (Å²) < 4.78 is 0. The minimum Gasteiger partial charge on any atom is -0.338 e. The lowest BCUT2D eigenvalue weighted by Crippen LogP contribution is -2.29. The van der Waals surface area contributed by atoms with Gasteiger partial charge in [-0.2, -0.15) is 10.2 Å². The Labute approximate surface area is 128 Å². The number of amides is 1. The van der Waals surface area contributed by atoms with Crippen molar-refractivity contribution in [3.8, 4) is 0 Å². The van der Waals surface area contributed by atoms with Crippen molar-refractivity contribution in [3.63, 3.8) is 0 Å². The molecule has 2 heterocycles. The zero-order chi connectivity index (χ0) is 14.7. The monoisotopic (exact) mass is 301 g/mol. The van der Waals surface area contributed by atoms with Crippen molar-refractivity contribution in [3.05, 3.63) is 58.9 Å². The van der Waals surface area contributed by atoms with Gasteiger partial charge in [0.1, 0.15) is 0 Å². The first kappa shape index (κ1) is 14.0. The van der Waals surface area contributed by atoms with E-state index in [-0.39, 0.29) is 5.91 Å². The van der Waals surface area contributed by atoms with E-state index in [2.05, 4.69) is 22.3 Å². The molecular formula is C16H16ClN3O. The number of hydrogen-bond donors (Lipinski definition) is 0.